The minimum atomic E-state index is -0.922. The zero-order valence-corrected chi connectivity index (χ0v) is 11.8. The van der Waals surface area contributed by atoms with E-state index in [0.717, 1.165) is 20.2 Å². The summed E-state index contributed by atoms with van der Waals surface area (Å²) >= 11 is 6.78. The van der Waals surface area contributed by atoms with Gasteiger partial charge in [-0.2, -0.15) is 0 Å². The van der Waals surface area contributed by atoms with Crippen molar-refractivity contribution in [3.8, 4) is 0 Å². The predicted molar refractivity (Wildman–Crippen MR) is 71.7 cm³/mol. The summed E-state index contributed by atoms with van der Waals surface area (Å²) < 4.78 is 1.92. The smallest absolute Gasteiger partial charge is 0.328 e. The van der Waals surface area contributed by atoms with E-state index in [9.17, 15) is 4.79 Å². The van der Waals surface area contributed by atoms with E-state index in [1.165, 1.54) is 6.08 Å². The number of hydrogen-bond acceptors (Lipinski definition) is 2. The van der Waals surface area contributed by atoms with Crippen molar-refractivity contribution in [2.45, 2.75) is 6.92 Å². The van der Waals surface area contributed by atoms with Crippen LogP contribution in [0, 0.1) is 0 Å². The number of hydrogen-bond donors (Lipinski definition) is 2. The number of carboxylic acid groups (broad SMARTS) is 1. The molecule has 0 amide bonds. The molecule has 0 bridgehead atoms. The van der Waals surface area contributed by atoms with Crippen LogP contribution in [-0.4, -0.2) is 17.6 Å². The van der Waals surface area contributed by atoms with E-state index in [1.54, 1.807) is 6.92 Å². The van der Waals surface area contributed by atoms with Gasteiger partial charge in [0.1, 0.15) is 0 Å². The van der Waals surface area contributed by atoms with Crippen LogP contribution in [0.1, 0.15) is 6.92 Å². The Hall–Kier alpha value is -0.810. The highest BCUT2D eigenvalue weighted by Gasteiger charge is 2.00. The summed E-state index contributed by atoms with van der Waals surface area (Å²) in [6, 6.07) is 5.77. The Morgan fingerprint density at radius 2 is 2.19 bits per heavy atom. The normalized spacial score (nSPS) is 11.3. The second-order valence-electron chi connectivity index (χ2n) is 3.31. The summed E-state index contributed by atoms with van der Waals surface area (Å²) in [5, 5.41) is 11.7. The van der Waals surface area contributed by atoms with Crippen LogP contribution in [0.25, 0.3) is 0 Å². The molecule has 0 unspecified atom stereocenters. The van der Waals surface area contributed by atoms with Crippen molar-refractivity contribution in [1.82, 2.24) is 0 Å². The van der Waals surface area contributed by atoms with Crippen molar-refractivity contribution in [2.75, 3.05) is 11.9 Å². The Morgan fingerprint density at radius 1 is 1.50 bits per heavy atom. The van der Waals surface area contributed by atoms with Crippen LogP contribution in [0.5, 0.6) is 0 Å². The number of halogens is 2. The molecule has 0 aliphatic rings. The van der Waals surface area contributed by atoms with Crippen molar-refractivity contribution >= 4 is 43.5 Å². The molecule has 0 aliphatic carbocycles. The van der Waals surface area contributed by atoms with Gasteiger partial charge in [-0.3, -0.25) is 0 Å². The van der Waals surface area contributed by atoms with Crippen LogP contribution >= 0.6 is 31.9 Å². The van der Waals surface area contributed by atoms with Crippen LogP contribution in [-0.2, 0) is 4.79 Å². The molecule has 0 radical (unpaired) electrons. The van der Waals surface area contributed by atoms with Gasteiger partial charge in [-0.05, 0) is 46.6 Å². The molecule has 0 spiro atoms. The summed E-state index contributed by atoms with van der Waals surface area (Å²) in [6.45, 7) is 2.28. The van der Waals surface area contributed by atoms with Crippen molar-refractivity contribution in [2.24, 2.45) is 0 Å². The Balaban J connectivity index is 2.65. The molecule has 86 valence electrons. The number of anilines is 1. The van der Waals surface area contributed by atoms with E-state index in [-0.39, 0.29) is 0 Å². The fourth-order valence-corrected chi connectivity index (χ4v) is 2.32. The monoisotopic (exact) mass is 347 g/mol. The summed E-state index contributed by atoms with van der Waals surface area (Å²) in [5.41, 5.74) is 1.70. The molecule has 5 heteroatoms. The predicted octanol–water partition coefficient (Wildman–Crippen LogP) is 3.65. The highest BCUT2D eigenvalue weighted by atomic mass is 79.9. The Bertz CT molecular complexity index is 430. The van der Waals surface area contributed by atoms with E-state index in [1.807, 2.05) is 18.2 Å². The molecule has 0 heterocycles. The average molecular weight is 349 g/mol. The van der Waals surface area contributed by atoms with Gasteiger partial charge < -0.3 is 10.4 Å². The van der Waals surface area contributed by atoms with Crippen molar-refractivity contribution in [3.63, 3.8) is 0 Å². The van der Waals surface area contributed by atoms with Gasteiger partial charge in [-0.1, -0.05) is 15.9 Å². The van der Waals surface area contributed by atoms with Crippen LogP contribution in [0.3, 0.4) is 0 Å². The van der Waals surface area contributed by atoms with Crippen molar-refractivity contribution in [3.05, 3.63) is 38.8 Å². The zero-order chi connectivity index (χ0) is 12.1. The molecule has 1 aromatic rings. The van der Waals surface area contributed by atoms with E-state index in [2.05, 4.69) is 37.2 Å². The number of aliphatic carboxylic acids is 1. The van der Waals surface area contributed by atoms with Gasteiger partial charge in [0.15, 0.2) is 0 Å². The lowest BCUT2D eigenvalue weighted by atomic mass is 10.2. The highest BCUT2D eigenvalue weighted by Crippen LogP contribution is 2.26. The molecule has 0 atom stereocenters. The molecule has 1 rings (SSSR count). The number of rotatable bonds is 4. The fraction of sp³-hybridized carbons (Fsp3) is 0.182. The standard InChI is InChI=1S/C11H11Br2NO2/c1-7(4-11(15)16)6-14-10-3-2-8(12)5-9(10)13/h2-5,14H,6H2,1H3,(H,15,16)/b7-4-. The van der Waals surface area contributed by atoms with E-state index < -0.39 is 5.97 Å². The molecule has 1 aromatic carbocycles. The Labute approximate surface area is 111 Å². The Morgan fingerprint density at radius 3 is 2.75 bits per heavy atom. The van der Waals surface area contributed by atoms with E-state index in [4.69, 9.17) is 5.11 Å². The van der Waals surface area contributed by atoms with Crippen molar-refractivity contribution in [1.29, 1.82) is 0 Å². The van der Waals surface area contributed by atoms with Gasteiger partial charge in [0.25, 0.3) is 0 Å². The molecule has 0 saturated heterocycles. The maximum Gasteiger partial charge on any atom is 0.328 e. The van der Waals surface area contributed by atoms with Gasteiger partial charge in [0, 0.05) is 27.3 Å². The minimum Gasteiger partial charge on any atom is -0.478 e. The third-order valence-corrected chi connectivity index (χ3v) is 3.01. The minimum absolute atomic E-state index is 0.506. The summed E-state index contributed by atoms with van der Waals surface area (Å²) in [7, 11) is 0. The quantitative estimate of drug-likeness (QED) is 0.816. The third-order valence-electron chi connectivity index (χ3n) is 1.86. The van der Waals surface area contributed by atoms with Crippen LogP contribution < -0.4 is 5.32 Å². The molecule has 3 nitrogen and oxygen atoms in total. The van der Waals surface area contributed by atoms with Crippen LogP contribution in [0.15, 0.2) is 38.8 Å². The van der Waals surface area contributed by atoms with E-state index in [0.29, 0.717) is 6.54 Å². The van der Waals surface area contributed by atoms with Gasteiger partial charge >= 0.3 is 5.97 Å². The summed E-state index contributed by atoms with van der Waals surface area (Å²) in [6.07, 6.45) is 1.19. The second kappa shape index (κ2) is 6.06. The van der Waals surface area contributed by atoms with Crippen LogP contribution in [0.4, 0.5) is 5.69 Å². The fourth-order valence-electron chi connectivity index (χ4n) is 1.13. The van der Waals surface area contributed by atoms with Gasteiger partial charge in [0.2, 0.25) is 0 Å². The molecule has 2 N–H and O–H groups in total. The highest BCUT2D eigenvalue weighted by molar-refractivity contribution is 9.11. The second-order valence-corrected chi connectivity index (χ2v) is 5.08. The van der Waals surface area contributed by atoms with E-state index >= 15 is 0 Å². The summed E-state index contributed by atoms with van der Waals surface area (Å²) in [5.74, 6) is -0.922. The number of carboxylic acids is 1. The van der Waals surface area contributed by atoms with Crippen molar-refractivity contribution < 1.29 is 9.90 Å². The number of carbonyl (C=O) groups is 1. The zero-order valence-electron chi connectivity index (χ0n) is 8.63. The molecule has 16 heavy (non-hydrogen) atoms. The largest absolute Gasteiger partial charge is 0.478 e. The van der Waals surface area contributed by atoms with Gasteiger partial charge in [-0.15, -0.1) is 0 Å². The topological polar surface area (TPSA) is 49.3 Å². The lowest BCUT2D eigenvalue weighted by Gasteiger charge is -2.08. The third kappa shape index (κ3) is 4.37. The maximum absolute atomic E-state index is 10.4. The summed E-state index contributed by atoms with van der Waals surface area (Å²) in [4.78, 5) is 10.4. The first-order valence-electron chi connectivity index (χ1n) is 4.58. The van der Waals surface area contributed by atoms with Gasteiger partial charge in [-0.25, -0.2) is 4.79 Å². The Kier molecular flexibility index (Phi) is 5.02. The first-order valence-corrected chi connectivity index (χ1v) is 6.16. The average Bonchev–Trinajstić information content (AvgIpc) is 2.15. The molecule has 0 aromatic heterocycles. The number of nitrogens with one attached hydrogen (secondary N) is 1. The first kappa shape index (κ1) is 13.3. The molecule has 0 aliphatic heterocycles. The lowest BCUT2D eigenvalue weighted by molar-refractivity contribution is -0.131. The maximum atomic E-state index is 10.4. The molecular weight excluding hydrogens is 338 g/mol. The molecule has 0 saturated carbocycles. The SMILES string of the molecule is C/C(=C/C(=O)O)CNc1ccc(Br)cc1Br. The molecular formula is C11H11Br2NO2. The van der Waals surface area contributed by atoms with Crippen LogP contribution in [0.2, 0.25) is 0 Å². The lowest BCUT2D eigenvalue weighted by Crippen LogP contribution is -2.05. The van der Waals surface area contributed by atoms with Gasteiger partial charge in [0.05, 0.1) is 0 Å². The number of benzene rings is 1. The molecule has 0 fully saturated rings. The first-order chi connectivity index (χ1) is 7.49.